The number of nitrogens with two attached hydrogens (primary N) is 1. The van der Waals surface area contributed by atoms with E-state index in [4.69, 9.17) is 10.8 Å². The van der Waals surface area contributed by atoms with Crippen molar-refractivity contribution in [2.45, 2.75) is 46.1 Å². The van der Waals surface area contributed by atoms with Crippen LogP contribution in [0.4, 0.5) is 0 Å². The first kappa shape index (κ1) is 13.7. The normalized spacial score (nSPS) is 12.8. The Labute approximate surface area is 103 Å². The summed E-state index contributed by atoms with van der Waals surface area (Å²) in [5.74, 6) is -0.436. The number of rotatable bonds is 4. The summed E-state index contributed by atoms with van der Waals surface area (Å²) in [6, 6.07) is 3.77. The molecule has 1 aromatic carbocycles. The molecule has 1 atom stereocenters. The predicted octanol–water partition coefficient (Wildman–Crippen LogP) is 2.90. The summed E-state index contributed by atoms with van der Waals surface area (Å²) >= 11 is 0. The van der Waals surface area contributed by atoms with E-state index in [2.05, 4.69) is 19.9 Å². The van der Waals surface area contributed by atoms with Gasteiger partial charge in [-0.2, -0.15) is 0 Å². The molecular weight excluding hydrogens is 214 g/mol. The standard InChI is InChI=1S/C14H21NO2/c1-8(2)11-5-9(3)10(4)12(6-11)13(15)7-14(16)17/h5-6,8,13H,7,15H2,1-4H3,(H,16,17). The average molecular weight is 235 g/mol. The van der Waals surface area contributed by atoms with Crippen LogP contribution < -0.4 is 5.73 Å². The van der Waals surface area contributed by atoms with Crippen LogP contribution in [-0.2, 0) is 4.79 Å². The van der Waals surface area contributed by atoms with Crippen molar-refractivity contribution in [2.24, 2.45) is 5.73 Å². The third-order valence-electron chi connectivity index (χ3n) is 3.19. The number of hydrogen-bond donors (Lipinski definition) is 2. The molecule has 1 aromatic rings. The van der Waals surface area contributed by atoms with Gasteiger partial charge in [0.15, 0.2) is 0 Å². The summed E-state index contributed by atoms with van der Waals surface area (Å²) in [5.41, 5.74) is 10.4. The number of benzene rings is 1. The van der Waals surface area contributed by atoms with E-state index in [0.29, 0.717) is 5.92 Å². The van der Waals surface area contributed by atoms with Gasteiger partial charge in [0.05, 0.1) is 6.42 Å². The zero-order chi connectivity index (χ0) is 13.2. The van der Waals surface area contributed by atoms with E-state index in [9.17, 15) is 4.79 Å². The molecular formula is C14H21NO2. The van der Waals surface area contributed by atoms with Crippen LogP contribution in [0.15, 0.2) is 12.1 Å². The van der Waals surface area contributed by atoms with E-state index in [-0.39, 0.29) is 6.42 Å². The molecule has 3 N–H and O–H groups in total. The molecule has 0 saturated heterocycles. The second-order valence-electron chi connectivity index (χ2n) is 4.91. The van der Waals surface area contributed by atoms with Gasteiger partial charge in [0, 0.05) is 6.04 Å². The minimum absolute atomic E-state index is 0.0260. The third kappa shape index (κ3) is 3.30. The molecule has 1 rings (SSSR count). The molecule has 0 fully saturated rings. The van der Waals surface area contributed by atoms with Gasteiger partial charge in [-0.25, -0.2) is 0 Å². The monoisotopic (exact) mass is 235 g/mol. The number of carboxylic acids is 1. The number of carboxylic acid groups (broad SMARTS) is 1. The first-order valence-corrected chi connectivity index (χ1v) is 5.91. The van der Waals surface area contributed by atoms with Gasteiger partial charge >= 0.3 is 5.97 Å². The Morgan fingerprint density at radius 1 is 1.35 bits per heavy atom. The molecule has 0 amide bonds. The van der Waals surface area contributed by atoms with Crippen molar-refractivity contribution in [2.75, 3.05) is 0 Å². The molecule has 0 radical (unpaired) electrons. The second kappa shape index (κ2) is 5.32. The fourth-order valence-corrected chi connectivity index (χ4v) is 1.93. The zero-order valence-corrected chi connectivity index (χ0v) is 10.9. The first-order valence-electron chi connectivity index (χ1n) is 5.91. The molecule has 3 heteroatoms. The van der Waals surface area contributed by atoms with Gasteiger partial charge in [-0.15, -0.1) is 0 Å². The van der Waals surface area contributed by atoms with Crippen LogP contribution in [0.2, 0.25) is 0 Å². The van der Waals surface area contributed by atoms with Crippen molar-refractivity contribution < 1.29 is 9.90 Å². The van der Waals surface area contributed by atoms with Crippen LogP contribution in [0.1, 0.15) is 54.5 Å². The lowest BCUT2D eigenvalue weighted by molar-refractivity contribution is -0.137. The average Bonchev–Trinajstić information content (AvgIpc) is 2.20. The van der Waals surface area contributed by atoms with Crippen LogP contribution in [-0.4, -0.2) is 11.1 Å². The van der Waals surface area contributed by atoms with Crippen LogP contribution in [0, 0.1) is 13.8 Å². The minimum Gasteiger partial charge on any atom is -0.481 e. The number of aliphatic carboxylic acids is 1. The minimum atomic E-state index is -0.857. The van der Waals surface area contributed by atoms with Crippen LogP contribution in [0.5, 0.6) is 0 Å². The Morgan fingerprint density at radius 2 is 1.94 bits per heavy atom. The lowest BCUT2D eigenvalue weighted by Gasteiger charge is -2.18. The van der Waals surface area contributed by atoms with Crippen molar-refractivity contribution in [3.8, 4) is 0 Å². The SMILES string of the molecule is Cc1cc(C(C)C)cc(C(N)CC(=O)O)c1C. The molecule has 1 unspecified atom stereocenters. The van der Waals surface area contributed by atoms with Gasteiger partial charge in [-0.05, 0) is 42.0 Å². The zero-order valence-electron chi connectivity index (χ0n) is 10.9. The van der Waals surface area contributed by atoms with E-state index < -0.39 is 12.0 Å². The third-order valence-corrected chi connectivity index (χ3v) is 3.19. The number of hydrogen-bond acceptors (Lipinski definition) is 2. The van der Waals surface area contributed by atoms with Crippen LogP contribution >= 0.6 is 0 Å². The van der Waals surface area contributed by atoms with Gasteiger partial charge in [-0.3, -0.25) is 4.79 Å². The maximum Gasteiger partial charge on any atom is 0.305 e. The Morgan fingerprint density at radius 3 is 2.41 bits per heavy atom. The van der Waals surface area contributed by atoms with E-state index in [1.807, 2.05) is 19.9 Å². The molecule has 0 saturated carbocycles. The molecule has 17 heavy (non-hydrogen) atoms. The molecule has 94 valence electrons. The van der Waals surface area contributed by atoms with E-state index >= 15 is 0 Å². The summed E-state index contributed by atoms with van der Waals surface area (Å²) < 4.78 is 0. The molecule has 0 heterocycles. The van der Waals surface area contributed by atoms with Crippen LogP contribution in [0.25, 0.3) is 0 Å². The molecule has 0 aliphatic rings. The highest BCUT2D eigenvalue weighted by Crippen LogP contribution is 2.26. The first-order chi connectivity index (χ1) is 7.82. The topological polar surface area (TPSA) is 63.3 Å². The lowest BCUT2D eigenvalue weighted by atomic mass is 9.90. The van der Waals surface area contributed by atoms with Gasteiger partial charge in [0.25, 0.3) is 0 Å². The number of aryl methyl sites for hydroxylation is 1. The summed E-state index contributed by atoms with van der Waals surface area (Å²) in [4.78, 5) is 10.7. The van der Waals surface area contributed by atoms with Crippen molar-refractivity contribution in [3.05, 3.63) is 34.4 Å². The highest BCUT2D eigenvalue weighted by Gasteiger charge is 2.15. The summed E-state index contributed by atoms with van der Waals surface area (Å²) in [6.45, 7) is 8.28. The van der Waals surface area contributed by atoms with Crippen molar-refractivity contribution in [1.29, 1.82) is 0 Å². The molecule has 3 nitrogen and oxygen atoms in total. The highest BCUT2D eigenvalue weighted by atomic mass is 16.4. The van der Waals surface area contributed by atoms with Crippen molar-refractivity contribution >= 4 is 5.97 Å². The largest absolute Gasteiger partial charge is 0.481 e. The predicted molar refractivity (Wildman–Crippen MR) is 69.2 cm³/mol. The van der Waals surface area contributed by atoms with Gasteiger partial charge < -0.3 is 10.8 Å². The fourth-order valence-electron chi connectivity index (χ4n) is 1.93. The number of carbonyl (C=O) groups is 1. The quantitative estimate of drug-likeness (QED) is 0.843. The smallest absolute Gasteiger partial charge is 0.305 e. The summed E-state index contributed by atoms with van der Waals surface area (Å²) in [6.07, 6.45) is -0.0260. The Hall–Kier alpha value is -1.35. The second-order valence-corrected chi connectivity index (χ2v) is 4.91. The maximum atomic E-state index is 10.7. The molecule has 0 bridgehead atoms. The van der Waals surface area contributed by atoms with Crippen LogP contribution in [0.3, 0.4) is 0 Å². The van der Waals surface area contributed by atoms with Gasteiger partial charge in [0.2, 0.25) is 0 Å². The fraction of sp³-hybridized carbons (Fsp3) is 0.500. The molecule has 0 aliphatic carbocycles. The van der Waals surface area contributed by atoms with E-state index in [1.54, 1.807) is 0 Å². The molecule has 0 aromatic heterocycles. The summed E-state index contributed by atoms with van der Waals surface area (Å²) in [7, 11) is 0. The Bertz CT molecular complexity index is 424. The molecule has 0 aliphatic heterocycles. The van der Waals surface area contributed by atoms with Crippen molar-refractivity contribution in [3.63, 3.8) is 0 Å². The van der Waals surface area contributed by atoms with Crippen molar-refractivity contribution in [1.82, 2.24) is 0 Å². The lowest BCUT2D eigenvalue weighted by Crippen LogP contribution is -2.17. The summed E-state index contributed by atoms with van der Waals surface area (Å²) in [5, 5.41) is 8.80. The highest BCUT2D eigenvalue weighted by molar-refractivity contribution is 5.68. The van der Waals surface area contributed by atoms with E-state index in [1.165, 1.54) is 11.1 Å². The van der Waals surface area contributed by atoms with Gasteiger partial charge in [-0.1, -0.05) is 26.0 Å². The van der Waals surface area contributed by atoms with E-state index in [0.717, 1.165) is 11.1 Å². The Kier molecular flexibility index (Phi) is 4.29. The Balaban J connectivity index is 3.17. The van der Waals surface area contributed by atoms with Gasteiger partial charge in [0.1, 0.15) is 0 Å². The molecule has 0 spiro atoms. The maximum absolute atomic E-state index is 10.7.